The number of rotatable bonds is 9. The summed E-state index contributed by atoms with van der Waals surface area (Å²) in [7, 11) is 3.12. The Bertz CT molecular complexity index is 1050. The van der Waals surface area contributed by atoms with Crippen LogP contribution in [0.1, 0.15) is 18.4 Å². The molecule has 2 aromatic rings. The summed E-state index contributed by atoms with van der Waals surface area (Å²) >= 11 is 0. The molecule has 0 atom stereocenters. The van der Waals surface area contributed by atoms with Gasteiger partial charge < -0.3 is 30.4 Å². The van der Waals surface area contributed by atoms with E-state index in [9.17, 15) is 4.79 Å². The number of nitrogen functional groups attached to an aromatic ring is 1. The summed E-state index contributed by atoms with van der Waals surface area (Å²) in [6.45, 7) is 9.53. The van der Waals surface area contributed by atoms with Crippen molar-refractivity contribution in [3.05, 3.63) is 73.0 Å². The zero-order chi connectivity index (χ0) is 24.9. The molecule has 180 valence electrons. The molecule has 1 aromatic carbocycles. The summed E-state index contributed by atoms with van der Waals surface area (Å²) < 4.78 is 15.4. The monoisotopic (exact) mass is 466 g/mol. The van der Waals surface area contributed by atoms with Crippen LogP contribution in [0.2, 0.25) is 0 Å². The number of nitrogens with one attached hydrogen (secondary N) is 1. The topological polar surface area (TPSA) is 129 Å². The first-order valence-electron chi connectivity index (χ1n) is 10.5. The number of nitrogens with zero attached hydrogens (tertiary/aromatic N) is 2. The number of ether oxygens (including phenoxy) is 3. The molecule has 0 spiro atoms. The van der Waals surface area contributed by atoms with Crippen molar-refractivity contribution in [2.75, 3.05) is 38.5 Å². The van der Waals surface area contributed by atoms with Crippen LogP contribution in [0, 0.1) is 0 Å². The Morgan fingerprint density at radius 3 is 2.29 bits per heavy atom. The molecule has 0 bridgehead atoms. The van der Waals surface area contributed by atoms with Gasteiger partial charge >= 0.3 is 5.97 Å². The molecule has 0 radical (unpaired) electrons. The van der Waals surface area contributed by atoms with E-state index in [1.807, 2.05) is 0 Å². The molecule has 0 amide bonds. The van der Waals surface area contributed by atoms with Crippen molar-refractivity contribution in [2.45, 2.75) is 12.8 Å². The highest BCUT2D eigenvalue weighted by molar-refractivity contribution is 5.83. The van der Waals surface area contributed by atoms with Gasteiger partial charge in [-0.15, -0.1) is 0 Å². The molecule has 0 saturated carbocycles. The highest BCUT2D eigenvalue weighted by Gasteiger charge is 2.09. The largest absolute Gasteiger partial charge is 0.497 e. The number of benzene rings is 1. The van der Waals surface area contributed by atoms with Gasteiger partial charge in [0.05, 0.1) is 14.2 Å². The van der Waals surface area contributed by atoms with Crippen molar-refractivity contribution in [3.63, 3.8) is 0 Å². The van der Waals surface area contributed by atoms with Gasteiger partial charge in [-0.2, -0.15) is 4.98 Å². The molecule has 1 aliphatic heterocycles. The molecule has 2 heterocycles. The molecule has 9 nitrogen and oxygen atoms in total. The first-order chi connectivity index (χ1) is 16.4. The second-order valence-electron chi connectivity index (χ2n) is 7.09. The third-order valence-electron chi connectivity index (χ3n) is 4.56. The highest BCUT2D eigenvalue weighted by atomic mass is 16.5. The van der Waals surface area contributed by atoms with Gasteiger partial charge in [-0.1, -0.05) is 19.2 Å². The maximum Gasteiger partial charge on any atom is 0.328 e. The van der Waals surface area contributed by atoms with Crippen molar-refractivity contribution in [1.82, 2.24) is 9.97 Å². The Morgan fingerprint density at radius 2 is 1.82 bits per heavy atom. The van der Waals surface area contributed by atoms with Crippen LogP contribution < -0.4 is 20.5 Å². The van der Waals surface area contributed by atoms with Crippen molar-refractivity contribution in [2.24, 2.45) is 0 Å². The lowest BCUT2D eigenvalue weighted by molar-refractivity contribution is -0.131. The smallest absolute Gasteiger partial charge is 0.328 e. The van der Waals surface area contributed by atoms with Gasteiger partial charge in [0.25, 0.3) is 0 Å². The zero-order valence-electron chi connectivity index (χ0n) is 19.4. The van der Waals surface area contributed by atoms with Gasteiger partial charge in [-0.3, -0.25) is 0 Å². The predicted molar refractivity (Wildman–Crippen MR) is 133 cm³/mol. The van der Waals surface area contributed by atoms with Gasteiger partial charge in [-0.25, -0.2) is 9.78 Å². The summed E-state index contributed by atoms with van der Waals surface area (Å²) in [5, 5.41) is 11.8. The van der Waals surface area contributed by atoms with Crippen LogP contribution in [0.4, 0.5) is 17.5 Å². The van der Waals surface area contributed by atoms with Gasteiger partial charge in [0.15, 0.2) is 0 Å². The average molecular weight is 467 g/mol. The maximum absolute atomic E-state index is 10.6. The first-order valence-corrected chi connectivity index (χ1v) is 10.5. The minimum Gasteiger partial charge on any atom is -0.497 e. The lowest BCUT2D eigenvalue weighted by Gasteiger charge is -2.11. The van der Waals surface area contributed by atoms with Gasteiger partial charge in [0.2, 0.25) is 5.95 Å². The molecule has 0 unspecified atom stereocenters. The van der Waals surface area contributed by atoms with E-state index in [1.165, 1.54) is 18.9 Å². The quantitative estimate of drug-likeness (QED) is 0.364. The van der Waals surface area contributed by atoms with Crippen LogP contribution in [0.5, 0.6) is 11.5 Å². The molecular formula is C25H30N4O5. The standard InChI is InChI=1S/C21H22N4O4.C4H8O/c1-5-14(8-13(2)6-7-19(26)27)18-12-23-21(25-20(18)22)24-15-9-16(28-3)11-17(10-15)29-4;1-2-4-5-3-1/h5-12H,1-2H2,3-4H3,(H,26,27)(H3,22,23,24,25);1-4H2/b7-6+,14-8+;. The lowest BCUT2D eigenvalue weighted by atomic mass is 10.1. The molecule has 4 N–H and O–H groups in total. The normalized spacial score (nSPS) is 13.1. The summed E-state index contributed by atoms with van der Waals surface area (Å²) in [6, 6.07) is 5.28. The fourth-order valence-corrected chi connectivity index (χ4v) is 2.87. The number of aliphatic carboxylic acids is 1. The number of carbonyl (C=O) groups is 1. The van der Waals surface area contributed by atoms with E-state index in [-0.39, 0.29) is 11.8 Å². The Morgan fingerprint density at radius 1 is 1.18 bits per heavy atom. The Balaban J connectivity index is 0.000000720. The number of carboxylic acids is 1. The first kappa shape index (κ1) is 26.1. The summed E-state index contributed by atoms with van der Waals surface area (Å²) in [5.74, 6) is 0.669. The number of hydrogen-bond donors (Lipinski definition) is 3. The molecule has 3 rings (SSSR count). The second-order valence-corrected chi connectivity index (χ2v) is 7.09. The molecule has 1 aliphatic rings. The summed E-state index contributed by atoms with van der Waals surface area (Å²) in [5.41, 5.74) is 8.37. The second kappa shape index (κ2) is 13.4. The Hall–Kier alpha value is -4.11. The number of anilines is 3. The van der Waals surface area contributed by atoms with Crippen LogP contribution in [-0.2, 0) is 9.53 Å². The van der Waals surface area contributed by atoms with Crippen LogP contribution in [0.25, 0.3) is 5.57 Å². The van der Waals surface area contributed by atoms with Crippen molar-refractivity contribution >= 4 is 29.0 Å². The van der Waals surface area contributed by atoms with Crippen LogP contribution in [0.15, 0.2) is 67.4 Å². The van der Waals surface area contributed by atoms with E-state index in [1.54, 1.807) is 50.8 Å². The van der Waals surface area contributed by atoms with Gasteiger partial charge in [0, 0.05) is 54.9 Å². The molecular weight excluding hydrogens is 436 g/mol. The Labute approximate surface area is 199 Å². The third-order valence-corrected chi connectivity index (χ3v) is 4.56. The molecule has 34 heavy (non-hydrogen) atoms. The number of nitrogens with two attached hydrogens (primary N) is 1. The Kier molecular flexibility index (Phi) is 10.3. The molecule has 9 heteroatoms. The zero-order valence-corrected chi connectivity index (χ0v) is 19.4. The SMILES string of the molecule is C1CCOC1.C=C/C(=C\C(=C)/C=C/C(=O)O)c1cnc(Nc2cc(OC)cc(OC)c2)nc1N. The number of methoxy groups -OCH3 is 2. The number of carboxylic acid groups (broad SMARTS) is 1. The molecule has 0 aliphatic carbocycles. The fraction of sp³-hybridized carbons (Fsp3) is 0.240. The number of hydrogen-bond acceptors (Lipinski definition) is 8. The maximum atomic E-state index is 10.6. The van der Waals surface area contributed by atoms with Crippen molar-refractivity contribution in [1.29, 1.82) is 0 Å². The van der Waals surface area contributed by atoms with Crippen LogP contribution >= 0.6 is 0 Å². The van der Waals surface area contributed by atoms with E-state index in [0.29, 0.717) is 33.9 Å². The van der Waals surface area contributed by atoms with Gasteiger partial charge in [-0.05, 0) is 36.1 Å². The van der Waals surface area contributed by atoms with Crippen LogP contribution in [0.3, 0.4) is 0 Å². The minimum atomic E-state index is -1.06. The van der Waals surface area contributed by atoms with Crippen molar-refractivity contribution in [3.8, 4) is 11.5 Å². The van der Waals surface area contributed by atoms with Crippen LogP contribution in [-0.4, -0.2) is 48.5 Å². The van der Waals surface area contributed by atoms with E-state index in [2.05, 4.69) is 28.4 Å². The lowest BCUT2D eigenvalue weighted by Crippen LogP contribution is -2.04. The van der Waals surface area contributed by atoms with E-state index in [4.69, 9.17) is 25.1 Å². The number of aromatic nitrogens is 2. The van der Waals surface area contributed by atoms with E-state index >= 15 is 0 Å². The van der Waals surface area contributed by atoms with Crippen molar-refractivity contribution < 1.29 is 24.1 Å². The minimum absolute atomic E-state index is 0.221. The fourth-order valence-electron chi connectivity index (χ4n) is 2.87. The third kappa shape index (κ3) is 8.44. The summed E-state index contributed by atoms with van der Waals surface area (Å²) in [4.78, 5) is 19.2. The van der Waals surface area contributed by atoms with E-state index in [0.717, 1.165) is 19.3 Å². The average Bonchev–Trinajstić information content (AvgIpc) is 3.41. The summed E-state index contributed by atoms with van der Waals surface area (Å²) in [6.07, 6.45) is 9.67. The molecule has 1 aromatic heterocycles. The highest BCUT2D eigenvalue weighted by Crippen LogP contribution is 2.28. The molecule has 1 saturated heterocycles. The predicted octanol–water partition coefficient (Wildman–Crippen LogP) is 4.38. The van der Waals surface area contributed by atoms with E-state index < -0.39 is 5.97 Å². The number of allylic oxidation sites excluding steroid dienone is 5. The van der Waals surface area contributed by atoms with Gasteiger partial charge in [0.1, 0.15) is 17.3 Å². The molecule has 1 fully saturated rings.